The van der Waals surface area contributed by atoms with Gasteiger partial charge >= 0.3 is 0 Å². The zero-order chi connectivity index (χ0) is 11.8. The number of hydrogen-bond acceptors (Lipinski definition) is 1. The van der Waals surface area contributed by atoms with Crippen molar-refractivity contribution in [1.29, 1.82) is 0 Å². The first kappa shape index (κ1) is 14.0. The van der Waals surface area contributed by atoms with Gasteiger partial charge in [0, 0.05) is 6.61 Å². The molecule has 1 aliphatic carbocycles. The lowest BCUT2D eigenvalue weighted by molar-refractivity contribution is 0.145. The van der Waals surface area contributed by atoms with E-state index in [4.69, 9.17) is 0 Å². The van der Waals surface area contributed by atoms with Crippen molar-refractivity contribution in [2.45, 2.75) is 71.6 Å². The maximum atomic E-state index is 9.56. The molecule has 96 valence electrons. The van der Waals surface area contributed by atoms with Crippen molar-refractivity contribution in [3.8, 4) is 0 Å². The molecule has 1 heteroatoms. The first-order chi connectivity index (χ1) is 7.81. The van der Waals surface area contributed by atoms with Crippen LogP contribution < -0.4 is 0 Å². The molecule has 0 saturated heterocycles. The molecule has 0 bridgehead atoms. The molecule has 1 aliphatic rings. The van der Waals surface area contributed by atoms with Crippen LogP contribution in [0.3, 0.4) is 0 Å². The average molecular weight is 226 g/mol. The molecular formula is C15H30O. The molecule has 0 spiro atoms. The van der Waals surface area contributed by atoms with Gasteiger partial charge in [-0.25, -0.2) is 0 Å². The Hall–Kier alpha value is -0.0400. The fourth-order valence-corrected chi connectivity index (χ4v) is 3.25. The summed E-state index contributed by atoms with van der Waals surface area (Å²) in [7, 11) is 0. The van der Waals surface area contributed by atoms with Crippen molar-refractivity contribution >= 4 is 0 Å². The third kappa shape index (κ3) is 4.45. The van der Waals surface area contributed by atoms with Gasteiger partial charge in [0.25, 0.3) is 0 Å². The Kier molecular flexibility index (Phi) is 7.11. The molecule has 1 rings (SSSR count). The largest absolute Gasteiger partial charge is 0.396 e. The molecule has 0 aromatic carbocycles. The van der Waals surface area contributed by atoms with Gasteiger partial charge in [0.15, 0.2) is 0 Å². The summed E-state index contributed by atoms with van der Waals surface area (Å²) in [5, 5.41) is 9.56. The molecule has 0 amide bonds. The van der Waals surface area contributed by atoms with Crippen LogP contribution >= 0.6 is 0 Å². The van der Waals surface area contributed by atoms with Crippen LogP contribution in [0.25, 0.3) is 0 Å². The van der Waals surface area contributed by atoms with Crippen molar-refractivity contribution in [2.75, 3.05) is 6.61 Å². The highest BCUT2D eigenvalue weighted by atomic mass is 16.3. The predicted octanol–water partition coefficient (Wildman–Crippen LogP) is 4.39. The van der Waals surface area contributed by atoms with Gasteiger partial charge in [-0.3, -0.25) is 0 Å². The standard InChI is InChI=1S/C15H30O/c1-3-5-8-13(4-2)11-15(12-16)14-9-6-7-10-14/h13-16H,3-12H2,1-2H3. The minimum atomic E-state index is 0.424. The first-order valence-electron chi connectivity index (χ1n) is 7.42. The summed E-state index contributed by atoms with van der Waals surface area (Å²) in [4.78, 5) is 0. The van der Waals surface area contributed by atoms with Crippen LogP contribution in [-0.4, -0.2) is 11.7 Å². The van der Waals surface area contributed by atoms with Crippen molar-refractivity contribution in [3.63, 3.8) is 0 Å². The lowest BCUT2D eigenvalue weighted by atomic mass is 9.81. The maximum absolute atomic E-state index is 9.56. The molecule has 2 atom stereocenters. The Morgan fingerprint density at radius 2 is 1.88 bits per heavy atom. The highest BCUT2D eigenvalue weighted by Gasteiger charge is 2.26. The zero-order valence-corrected chi connectivity index (χ0v) is 11.3. The summed E-state index contributed by atoms with van der Waals surface area (Å²) in [5.74, 6) is 2.29. The highest BCUT2D eigenvalue weighted by Crippen LogP contribution is 2.35. The molecule has 1 fully saturated rings. The van der Waals surface area contributed by atoms with Gasteiger partial charge in [0.1, 0.15) is 0 Å². The molecule has 16 heavy (non-hydrogen) atoms. The molecule has 0 aliphatic heterocycles. The van der Waals surface area contributed by atoms with Crippen LogP contribution in [0, 0.1) is 17.8 Å². The van der Waals surface area contributed by atoms with E-state index in [1.54, 1.807) is 0 Å². The maximum Gasteiger partial charge on any atom is 0.0462 e. The second-order valence-corrected chi connectivity index (χ2v) is 5.64. The van der Waals surface area contributed by atoms with E-state index in [0.29, 0.717) is 12.5 Å². The Balaban J connectivity index is 2.33. The van der Waals surface area contributed by atoms with E-state index in [1.165, 1.54) is 57.8 Å². The van der Waals surface area contributed by atoms with Crippen LogP contribution in [-0.2, 0) is 0 Å². The second-order valence-electron chi connectivity index (χ2n) is 5.64. The fraction of sp³-hybridized carbons (Fsp3) is 1.00. The van der Waals surface area contributed by atoms with Gasteiger partial charge in [-0.2, -0.15) is 0 Å². The van der Waals surface area contributed by atoms with E-state index in [1.807, 2.05) is 0 Å². The summed E-state index contributed by atoms with van der Waals surface area (Å²) in [6, 6.07) is 0. The summed E-state index contributed by atoms with van der Waals surface area (Å²) < 4.78 is 0. The van der Waals surface area contributed by atoms with E-state index in [2.05, 4.69) is 13.8 Å². The number of rotatable bonds is 8. The fourth-order valence-electron chi connectivity index (χ4n) is 3.25. The van der Waals surface area contributed by atoms with Crippen molar-refractivity contribution in [1.82, 2.24) is 0 Å². The van der Waals surface area contributed by atoms with Gasteiger partial charge in [-0.05, 0) is 24.2 Å². The molecular weight excluding hydrogens is 196 g/mol. The van der Waals surface area contributed by atoms with Crippen molar-refractivity contribution < 1.29 is 5.11 Å². The number of aliphatic hydroxyl groups excluding tert-OH is 1. The number of unbranched alkanes of at least 4 members (excludes halogenated alkanes) is 1. The summed E-state index contributed by atoms with van der Waals surface area (Å²) in [6.07, 6.45) is 12.1. The molecule has 0 aromatic heterocycles. The molecule has 1 saturated carbocycles. The van der Waals surface area contributed by atoms with E-state index in [0.717, 1.165) is 11.8 Å². The monoisotopic (exact) mass is 226 g/mol. The molecule has 0 radical (unpaired) electrons. The first-order valence-corrected chi connectivity index (χ1v) is 7.42. The Bertz CT molecular complexity index is 161. The quantitative estimate of drug-likeness (QED) is 0.650. The molecule has 1 N–H and O–H groups in total. The summed E-state index contributed by atoms with van der Waals surface area (Å²) in [5.41, 5.74) is 0. The number of aliphatic hydroxyl groups is 1. The van der Waals surface area contributed by atoms with Gasteiger partial charge in [0.05, 0.1) is 0 Å². The summed E-state index contributed by atoms with van der Waals surface area (Å²) in [6.45, 7) is 5.00. The van der Waals surface area contributed by atoms with Gasteiger partial charge in [-0.15, -0.1) is 0 Å². The predicted molar refractivity (Wildman–Crippen MR) is 70.5 cm³/mol. The Morgan fingerprint density at radius 1 is 1.19 bits per heavy atom. The van der Waals surface area contributed by atoms with E-state index >= 15 is 0 Å². The SMILES string of the molecule is CCCCC(CC)CC(CO)C1CCCC1. The van der Waals surface area contributed by atoms with E-state index in [-0.39, 0.29) is 0 Å². The van der Waals surface area contributed by atoms with E-state index in [9.17, 15) is 5.11 Å². The smallest absolute Gasteiger partial charge is 0.0462 e. The lowest BCUT2D eigenvalue weighted by Gasteiger charge is -2.26. The van der Waals surface area contributed by atoms with Crippen LogP contribution in [0.1, 0.15) is 71.6 Å². The molecule has 2 unspecified atom stereocenters. The highest BCUT2D eigenvalue weighted by molar-refractivity contribution is 4.77. The average Bonchev–Trinajstić information content (AvgIpc) is 2.83. The minimum absolute atomic E-state index is 0.424. The second kappa shape index (κ2) is 8.11. The third-order valence-corrected chi connectivity index (χ3v) is 4.48. The Morgan fingerprint density at radius 3 is 2.38 bits per heavy atom. The molecule has 0 heterocycles. The third-order valence-electron chi connectivity index (χ3n) is 4.48. The summed E-state index contributed by atoms with van der Waals surface area (Å²) >= 11 is 0. The lowest BCUT2D eigenvalue weighted by Crippen LogP contribution is -2.19. The van der Waals surface area contributed by atoms with Gasteiger partial charge in [-0.1, -0.05) is 65.2 Å². The zero-order valence-electron chi connectivity index (χ0n) is 11.3. The van der Waals surface area contributed by atoms with Crippen LogP contribution in [0.2, 0.25) is 0 Å². The molecule has 1 nitrogen and oxygen atoms in total. The van der Waals surface area contributed by atoms with Crippen LogP contribution in [0.4, 0.5) is 0 Å². The minimum Gasteiger partial charge on any atom is -0.396 e. The van der Waals surface area contributed by atoms with Crippen LogP contribution in [0.5, 0.6) is 0 Å². The van der Waals surface area contributed by atoms with Crippen molar-refractivity contribution in [2.24, 2.45) is 17.8 Å². The van der Waals surface area contributed by atoms with Gasteiger partial charge in [0.2, 0.25) is 0 Å². The topological polar surface area (TPSA) is 20.2 Å². The Labute approximate surface area is 102 Å². The molecule has 0 aromatic rings. The normalized spacial score (nSPS) is 21.2. The van der Waals surface area contributed by atoms with Crippen LogP contribution in [0.15, 0.2) is 0 Å². The van der Waals surface area contributed by atoms with Crippen molar-refractivity contribution in [3.05, 3.63) is 0 Å². The van der Waals surface area contributed by atoms with Gasteiger partial charge < -0.3 is 5.11 Å². The van der Waals surface area contributed by atoms with E-state index < -0.39 is 0 Å². The number of hydrogen-bond donors (Lipinski definition) is 1.